The Bertz CT molecular complexity index is 1580. The third-order valence-corrected chi connectivity index (χ3v) is 6.11. The van der Waals surface area contributed by atoms with Crippen LogP contribution < -0.4 is 10.9 Å². The van der Waals surface area contributed by atoms with E-state index in [9.17, 15) is 9.59 Å². The number of aromatic nitrogens is 3. The van der Waals surface area contributed by atoms with E-state index in [1.807, 2.05) is 63.2 Å². The molecule has 2 aromatic heterocycles. The van der Waals surface area contributed by atoms with Gasteiger partial charge in [-0.1, -0.05) is 35.9 Å². The fourth-order valence-electron chi connectivity index (χ4n) is 3.94. The molecular weight excluding hydrogens is 412 g/mol. The Morgan fingerprint density at radius 1 is 0.939 bits per heavy atom. The number of hydrogen-bond acceptors (Lipinski definition) is 3. The van der Waals surface area contributed by atoms with Crippen LogP contribution in [0.15, 0.2) is 71.7 Å². The van der Waals surface area contributed by atoms with Crippen molar-refractivity contribution in [3.05, 3.63) is 105 Å². The minimum atomic E-state index is -0.176. The summed E-state index contributed by atoms with van der Waals surface area (Å²) in [6, 6.07) is 19.3. The fourth-order valence-corrected chi connectivity index (χ4v) is 3.94. The summed E-state index contributed by atoms with van der Waals surface area (Å²) in [4.78, 5) is 30.3. The molecule has 0 atom stereocenters. The summed E-state index contributed by atoms with van der Waals surface area (Å²) in [6.45, 7) is 6.53. The molecule has 0 spiro atoms. The second kappa shape index (κ2) is 8.06. The number of carbonyl (C=O) groups is 1. The lowest BCUT2D eigenvalue weighted by atomic mass is 10.1. The van der Waals surface area contributed by atoms with Gasteiger partial charge in [0, 0.05) is 23.7 Å². The highest BCUT2D eigenvalue weighted by Crippen LogP contribution is 2.23. The maximum atomic E-state index is 13.1. The van der Waals surface area contributed by atoms with Crippen LogP contribution in [0.25, 0.3) is 27.5 Å². The molecule has 0 fully saturated rings. The van der Waals surface area contributed by atoms with Crippen LogP contribution in [0.4, 0.5) is 0 Å². The summed E-state index contributed by atoms with van der Waals surface area (Å²) < 4.78 is 1.53. The van der Waals surface area contributed by atoms with Crippen molar-refractivity contribution in [3.63, 3.8) is 0 Å². The fraction of sp³-hybridized carbons (Fsp3) is 0.148. The van der Waals surface area contributed by atoms with Gasteiger partial charge in [-0.15, -0.1) is 0 Å². The van der Waals surface area contributed by atoms with Gasteiger partial charge in [-0.05, 0) is 67.8 Å². The Morgan fingerprint density at radius 3 is 2.48 bits per heavy atom. The number of benzene rings is 3. The number of nitrogens with one attached hydrogen (secondary N) is 2. The highest BCUT2D eigenvalue weighted by atomic mass is 16.1. The Balaban J connectivity index is 1.53. The lowest BCUT2D eigenvalue weighted by molar-refractivity contribution is 0.0951. The van der Waals surface area contributed by atoms with Crippen LogP contribution in [0.1, 0.15) is 32.6 Å². The number of aromatic amines is 1. The van der Waals surface area contributed by atoms with Crippen LogP contribution in [0.2, 0.25) is 0 Å². The number of rotatable bonds is 4. The van der Waals surface area contributed by atoms with Gasteiger partial charge in [0.2, 0.25) is 0 Å². The Kier molecular flexibility index (Phi) is 5.05. The molecule has 0 bridgehead atoms. The number of carbonyl (C=O) groups excluding carboxylic acids is 1. The first-order valence-corrected chi connectivity index (χ1v) is 10.9. The van der Waals surface area contributed by atoms with Gasteiger partial charge in [-0.3, -0.25) is 19.7 Å². The Hall–Kier alpha value is -4.19. The van der Waals surface area contributed by atoms with Gasteiger partial charge in [0.05, 0.1) is 22.1 Å². The SMILES string of the molecule is Cc1ccc(CNC(=O)c2ccc3ncc4c(=O)n(-c5ccc(C)c(C)c5)[nH]c4c3c2)cc1. The van der Waals surface area contributed by atoms with Gasteiger partial charge in [0.1, 0.15) is 0 Å². The topological polar surface area (TPSA) is 79.8 Å². The first kappa shape index (κ1) is 20.7. The Morgan fingerprint density at radius 2 is 1.73 bits per heavy atom. The quantitative estimate of drug-likeness (QED) is 0.428. The monoisotopic (exact) mass is 436 g/mol. The molecule has 2 N–H and O–H groups in total. The molecule has 164 valence electrons. The van der Waals surface area contributed by atoms with Crippen molar-refractivity contribution in [3.8, 4) is 5.69 Å². The van der Waals surface area contributed by atoms with E-state index in [4.69, 9.17) is 0 Å². The van der Waals surface area contributed by atoms with Crippen molar-refractivity contribution in [2.75, 3.05) is 0 Å². The first-order valence-electron chi connectivity index (χ1n) is 10.9. The van der Waals surface area contributed by atoms with Gasteiger partial charge < -0.3 is 5.32 Å². The first-order chi connectivity index (χ1) is 15.9. The minimum Gasteiger partial charge on any atom is -0.348 e. The molecule has 0 saturated carbocycles. The molecule has 3 aromatic carbocycles. The van der Waals surface area contributed by atoms with E-state index in [2.05, 4.69) is 15.4 Å². The van der Waals surface area contributed by atoms with E-state index in [0.717, 1.165) is 27.8 Å². The van der Waals surface area contributed by atoms with Crippen LogP contribution in [0, 0.1) is 20.8 Å². The maximum Gasteiger partial charge on any atom is 0.280 e. The molecule has 6 nitrogen and oxygen atoms in total. The summed E-state index contributed by atoms with van der Waals surface area (Å²) in [7, 11) is 0. The molecule has 0 aliphatic carbocycles. The van der Waals surface area contributed by atoms with Crippen molar-refractivity contribution in [2.24, 2.45) is 0 Å². The molecule has 1 amide bonds. The van der Waals surface area contributed by atoms with Crippen molar-refractivity contribution < 1.29 is 4.79 Å². The van der Waals surface area contributed by atoms with Crippen molar-refractivity contribution >= 4 is 27.7 Å². The van der Waals surface area contributed by atoms with Gasteiger partial charge in [-0.2, -0.15) is 0 Å². The van der Waals surface area contributed by atoms with E-state index < -0.39 is 0 Å². The van der Waals surface area contributed by atoms with E-state index in [0.29, 0.717) is 28.5 Å². The molecule has 0 unspecified atom stereocenters. The number of hydrogen-bond donors (Lipinski definition) is 2. The van der Waals surface area contributed by atoms with Crippen molar-refractivity contribution in [1.29, 1.82) is 0 Å². The average molecular weight is 437 g/mol. The highest BCUT2D eigenvalue weighted by molar-refractivity contribution is 6.06. The second-order valence-corrected chi connectivity index (χ2v) is 8.47. The molecule has 5 rings (SSSR count). The molecular formula is C27H24N4O2. The predicted octanol–water partition coefficient (Wildman–Crippen LogP) is 4.72. The molecule has 2 heterocycles. The number of aryl methyl sites for hydroxylation is 3. The smallest absolute Gasteiger partial charge is 0.280 e. The summed E-state index contributed by atoms with van der Waals surface area (Å²) >= 11 is 0. The molecule has 0 aliphatic rings. The number of pyridine rings is 1. The molecule has 33 heavy (non-hydrogen) atoms. The highest BCUT2D eigenvalue weighted by Gasteiger charge is 2.14. The lowest BCUT2D eigenvalue weighted by Crippen LogP contribution is -2.22. The zero-order valence-electron chi connectivity index (χ0n) is 18.8. The minimum absolute atomic E-state index is 0.170. The van der Waals surface area contributed by atoms with E-state index in [-0.39, 0.29) is 11.5 Å². The van der Waals surface area contributed by atoms with Crippen LogP contribution in [0.5, 0.6) is 0 Å². The summed E-state index contributed by atoms with van der Waals surface area (Å²) in [5, 5.41) is 7.41. The number of amides is 1. The summed E-state index contributed by atoms with van der Waals surface area (Å²) in [5.74, 6) is -0.176. The summed E-state index contributed by atoms with van der Waals surface area (Å²) in [6.07, 6.45) is 1.59. The van der Waals surface area contributed by atoms with E-state index in [1.165, 1.54) is 10.2 Å². The molecule has 5 aromatic rings. The van der Waals surface area contributed by atoms with Crippen LogP contribution in [-0.2, 0) is 6.54 Å². The molecule has 0 radical (unpaired) electrons. The van der Waals surface area contributed by atoms with Crippen LogP contribution in [-0.4, -0.2) is 20.7 Å². The largest absolute Gasteiger partial charge is 0.348 e. The molecule has 0 aliphatic heterocycles. The maximum absolute atomic E-state index is 13.1. The van der Waals surface area contributed by atoms with Crippen molar-refractivity contribution in [2.45, 2.75) is 27.3 Å². The number of fused-ring (bicyclic) bond motifs is 3. The van der Waals surface area contributed by atoms with Gasteiger partial charge in [-0.25, -0.2) is 4.68 Å². The zero-order valence-corrected chi connectivity index (χ0v) is 18.8. The van der Waals surface area contributed by atoms with Gasteiger partial charge >= 0.3 is 0 Å². The molecule has 0 saturated heterocycles. The standard InChI is InChI=1S/C27H24N4O2/c1-16-4-7-19(8-5-16)14-29-26(32)20-9-11-24-22(13-20)25-23(15-28-24)27(33)31(30-25)21-10-6-17(2)18(3)12-21/h4-13,15,30H,14H2,1-3H3,(H,29,32). The lowest BCUT2D eigenvalue weighted by Gasteiger charge is -2.07. The van der Waals surface area contributed by atoms with Crippen LogP contribution in [0.3, 0.4) is 0 Å². The predicted molar refractivity (Wildman–Crippen MR) is 131 cm³/mol. The van der Waals surface area contributed by atoms with E-state index >= 15 is 0 Å². The zero-order chi connectivity index (χ0) is 23.1. The van der Waals surface area contributed by atoms with Crippen molar-refractivity contribution in [1.82, 2.24) is 20.1 Å². The van der Waals surface area contributed by atoms with Gasteiger partial charge in [0.15, 0.2) is 0 Å². The summed E-state index contributed by atoms with van der Waals surface area (Å²) in [5.41, 5.74) is 6.97. The van der Waals surface area contributed by atoms with E-state index in [1.54, 1.807) is 24.4 Å². The molecule has 6 heteroatoms. The number of H-pyrrole nitrogens is 1. The van der Waals surface area contributed by atoms with Gasteiger partial charge in [0.25, 0.3) is 11.5 Å². The number of nitrogens with zero attached hydrogens (tertiary/aromatic N) is 2. The van der Waals surface area contributed by atoms with Crippen LogP contribution >= 0.6 is 0 Å². The second-order valence-electron chi connectivity index (χ2n) is 8.47. The Labute approximate surface area is 190 Å². The average Bonchev–Trinajstić information content (AvgIpc) is 3.17. The third kappa shape index (κ3) is 3.80. The third-order valence-electron chi connectivity index (χ3n) is 6.11. The normalized spacial score (nSPS) is 11.2.